The molecule has 2 rings (SSSR count). The minimum absolute atomic E-state index is 0.0102. The van der Waals surface area contributed by atoms with Crippen LogP contribution in [0.2, 0.25) is 0 Å². The van der Waals surface area contributed by atoms with Gasteiger partial charge in [-0.1, -0.05) is 12.1 Å². The number of carboxylic acids is 1. The van der Waals surface area contributed by atoms with Gasteiger partial charge in [-0.15, -0.1) is 0 Å². The van der Waals surface area contributed by atoms with Crippen LogP contribution in [0.4, 0.5) is 0 Å². The summed E-state index contributed by atoms with van der Waals surface area (Å²) in [6, 6.07) is 0.835. The fourth-order valence-corrected chi connectivity index (χ4v) is 3.40. The lowest BCUT2D eigenvalue weighted by Crippen LogP contribution is -2.58. The Kier molecular flexibility index (Phi) is 9.76. The minimum Gasteiger partial charge on any atom is -0.508 e. The van der Waals surface area contributed by atoms with E-state index in [1.807, 2.05) is 0 Å². The first-order valence-electron chi connectivity index (χ1n) is 10.6. The van der Waals surface area contributed by atoms with Crippen molar-refractivity contribution in [2.75, 3.05) is 13.2 Å². The van der Waals surface area contributed by atoms with E-state index in [4.69, 9.17) is 5.73 Å². The van der Waals surface area contributed by atoms with Crippen LogP contribution in [-0.4, -0.2) is 82.2 Å². The van der Waals surface area contributed by atoms with Gasteiger partial charge in [-0.25, -0.2) is 4.79 Å². The molecule has 9 N–H and O–H groups in total. The van der Waals surface area contributed by atoms with E-state index in [2.05, 4.69) is 21.3 Å². The monoisotopic (exact) mass is 479 g/mol. The van der Waals surface area contributed by atoms with E-state index in [-0.39, 0.29) is 12.2 Å². The number of nitrogens with two attached hydrogens (primary N) is 1. The summed E-state index contributed by atoms with van der Waals surface area (Å²) in [5.74, 6) is -4.67. The molecular weight excluding hydrogens is 450 g/mol. The van der Waals surface area contributed by atoms with Gasteiger partial charge in [0.05, 0.1) is 19.1 Å². The molecule has 1 heterocycles. The highest BCUT2D eigenvalue weighted by molar-refractivity contribution is 5.96. The van der Waals surface area contributed by atoms with Crippen molar-refractivity contribution in [1.82, 2.24) is 21.3 Å². The molecule has 0 aliphatic carbocycles. The molecule has 0 aromatic heterocycles. The van der Waals surface area contributed by atoms with Crippen LogP contribution in [0.25, 0.3) is 0 Å². The van der Waals surface area contributed by atoms with E-state index in [0.717, 1.165) is 6.42 Å². The molecule has 1 aliphatic heterocycles. The summed E-state index contributed by atoms with van der Waals surface area (Å²) in [7, 11) is 0. The van der Waals surface area contributed by atoms with Gasteiger partial charge in [0.2, 0.25) is 23.6 Å². The molecular formula is C21H29N5O8. The number of primary amides is 1. The summed E-state index contributed by atoms with van der Waals surface area (Å²) in [5.41, 5.74) is 5.68. The second kappa shape index (κ2) is 12.5. The Morgan fingerprint density at radius 1 is 1.00 bits per heavy atom. The minimum atomic E-state index is -1.55. The van der Waals surface area contributed by atoms with Crippen molar-refractivity contribution >= 4 is 29.6 Å². The number of phenolic OH excluding ortho intramolecular Hbond substituents is 1. The number of rotatable bonds is 12. The third kappa shape index (κ3) is 8.01. The van der Waals surface area contributed by atoms with Crippen LogP contribution in [-0.2, 0) is 30.4 Å². The van der Waals surface area contributed by atoms with E-state index in [1.54, 1.807) is 0 Å². The average Bonchev–Trinajstić information content (AvgIpc) is 3.32. The van der Waals surface area contributed by atoms with Gasteiger partial charge < -0.3 is 42.3 Å². The number of carbonyl (C=O) groups excluding carboxylic acids is 4. The zero-order valence-corrected chi connectivity index (χ0v) is 18.3. The van der Waals surface area contributed by atoms with Gasteiger partial charge in [0, 0.05) is 6.42 Å². The smallest absolute Gasteiger partial charge is 0.326 e. The van der Waals surface area contributed by atoms with Crippen molar-refractivity contribution in [1.29, 1.82) is 0 Å². The first-order valence-corrected chi connectivity index (χ1v) is 10.6. The Morgan fingerprint density at radius 2 is 1.62 bits per heavy atom. The van der Waals surface area contributed by atoms with Gasteiger partial charge in [0.25, 0.3) is 0 Å². The number of nitrogens with one attached hydrogen (secondary N) is 4. The second-order valence-corrected chi connectivity index (χ2v) is 7.89. The van der Waals surface area contributed by atoms with Crippen LogP contribution in [0.1, 0.15) is 24.8 Å². The van der Waals surface area contributed by atoms with E-state index in [9.17, 15) is 39.3 Å². The molecule has 0 radical (unpaired) electrons. The molecule has 186 valence electrons. The predicted octanol–water partition coefficient (Wildman–Crippen LogP) is -2.91. The van der Waals surface area contributed by atoms with Gasteiger partial charge in [-0.2, -0.15) is 0 Å². The van der Waals surface area contributed by atoms with Crippen LogP contribution in [0.5, 0.6) is 5.75 Å². The number of aliphatic hydroxyl groups is 1. The zero-order valence-electron chi connectivity index (χ0n) is 18.3. The molecule has 4 atom stereocenters. The zero-order chi connectivity index (χ0) is 25.3. The maximum absolute atomic E-state index is 12.7. The molecule has 0 spiro atoms. The van der Waals surface area contributed by atoms with Gasteiger partial charge >= 0.3 is 5.97 Å². The lowest BCUT2D eigenvalue weighted by Gasteiger charge is -2.24. The van der Waals surface area contributed by atoms with Crippen LogP contribution in [0.15, 0.2) is 24.3 Å². The molecule has 13 nitrogen and oxygen atoms in total. The van der Waals surface area contributed by atoms with E-state index >= 15 is 0 Å². The Morgan fingerprint density at radius 3 is 2.15 bits per heavy atom. The number of aromatic hydroxyl groups is 1. The topological polar surface area (TPSA) is 220 Å². The third-order valence-corrected chi connectivity index (χ3v) is 5.22. The van der Waals surface area contributed by atoms with Crippen LogP contribution >= 0.6 is 0 Å². The quantitative estimate of drug-likeness (QED) is 0.154. The number of amides is 4. The predicted molar refractivity (Wildman–Crippen MR) is 117 cm³/mol. The summed E-state index contributed by atoms with van der Waals surface area (Å²) >= 11 is 0. The van der Waals surface area contributed by atoms with Crippen molar-refractivity contribution in [2.45, 2.75) is 49.9 Å². The molecule has 13 heteroatoms. The Hall–Kier alpha value is -3.71. The van der Waals surface area contributed by atoms with Crippen molar-refractivity contribution in [2.24, 2.45) is 5.73 Å². The van der Waals surface area contributed by atoms with Crippen molar-refractivity contribution in [3.63, 3.8) is 0 Å². The van der Waals surface area contributed by atoms with E-state index < -0.39 is 66.8 Å². The fraction of sp³-hybridized carbons (Fsp3) is 0.476. The molecule has 1 fully saturated rings. The molecule has 34 heavy (non-hydrogen) atoms. The van der Waals surface area contributed by atoms with E-state index in [0.29, 0.717) is 18.5 Å². The number of hydrogen-bond donors (Lipinski definition) is 8. The number of aliphatic carboxylic acids is 1. The lowest BCUT2D eigenvalue weighted by molar-refractivity contribution is -0.142. The summed E-state index contributed by atoms with van der Waals surface area (Å²) in [4.78, 5) is 60.5. The first kappa shape index (κ1) is 26.5. The SMILES string of the molecule is NC(=O)CC(NC(=O)C1CCCN1)C(=O)NC(CO)C(=O)NC(Cc1ccc(O)cc1)C(=O)O. The van der Waals surface area contributed by atoms with E-state index in [1.165, 1.54) is 24.3 Å². The Labute approximate surface area is 195 Å². The number of carboxylic acid groups (broad SMARTS) is 1. The molecule has 1 aliphatic rings. The highest BCUT2D eigenvalue weighted by atomic mass is 16.4. The molecule has 4 unspecified atom stereocenters. The number of aliphatic hydroxyl groups excluding tert-OH is 1. The van der Waals surface area contributed by atoms with Gasteiger partial charge in [0.1, 0.15) is 23.9 Å². The summed E-state index contributed by atoms with van der Waals surface area (Å²) in [6.07, 6.45) is 0.660. The average molecular weight is 479 g/mol. The van der Waals surface area contributed by atoms with Gasteiger partial charge in [-0.3, -0.25) is 19.2 Å². The molecule has 0 bridgehead atoms. The summed E-state index contributed by atoms with van der Waals surface area (Å²) in [5, 5.41) is 38.2. The molecule has 0 saturated carbocycles. The maximum Gasteiger partial charge on any atom is 0.326 e. The molecule has 1 saturated heterocycles. The van der Waals surface area contributed by atoms with Crippen molar-refractivity contribution in [3.8, 4) is 5.75 Å². The van der Waals surface area contributed by atoms with Crippen LogP contribution in [0, 0.1) is 0 Å². The summed E-state index contributed by atoms with van der Waals surface area (Å²) < 4.78 is 0. The fourth-order valence-electron chi connectivity index (χ4n) is 3.40. The Balaban J connectivity index is 2.03. The number of carbonyl (C=O) groups is 5. The Bertz CT molecular complexity index is 901. The normalized spacial score (nSPS) is 17.7. The maximum atomic E-state index is 12.7. The summed E-state index contributed by atoms with van der Waals surface area (Å²) in [6.45, 7) is -0.239. The van der Waals surface area contributed by atoms with Crippen molar-refractivity contribution < 1.29 is 39.3 Å². The highest BCUT2D eigenvalue weighted by Gasteiger charge is 2.32. The standard InChI is InChI=1S/C21H29N5O8/c22-17(29)9-14(24-18(30)13-2-1-7-23-13)19(31)26-16(10-27)20(32)25-15(21(33)34)8-11-3-5-12(28)6-4-11/h3-6,13-16,23,27-28H,1-2,7-10H2,(H2,22,29)(H,24,30)(H,25,32)(H,26,31)(H,33,34). The number of hydrogen-bond acceptors (Lipinski definition) is 8. The molecule has 1 aromatic rings. The number of phenols is 1. The first-order chi connectivity index (χ1) is 16.1. The van der Waals surface area contributed by atoms with Crippen LogP contribution in [0.3, 0.4) is 0 Å². The van der Waals surface area contributed by atoms with Gasteiger partial charge in [-0.05, 0) is 37.1 Å². The highest BCUT2D eigenvalue weighted by Crippen LogP contribution is 2.12. The largest absolute Gasteiger partial charge is 0.508 e. The lowest BCUT2D eigenvalue weighted by atomic mass is 10.1. The van der Waals surface area contributed by atoms with Crippen LogP contribution < -0.4 is 27.0 Å². The molecule has 4 amide bonds. The molecule has 1 aromatic carbocycles. The van der Waals surface area contributed by atoms with Gasteiger partial charge in [0.15, 0.2) is 0 Å². The second-order valence-electron chi connectivity index (χ2n) is 7.89. The number of benzene rings is 1. The van der Waals surface area contributed by atoms with Crippen molar-refractivity contribution in [3.05, 3.63) is 29.8 Å². The third-order valence-electron chi connectivity index (χ3n) is 5.22.